The van der Waals surface area contributed by atoms with Gasteiger partial charge in [-0.25, -0.2) is 0 Å². The number of hydrogen-bond donors (Lipinski definition) is 3. The van der Waals surface area contributed by atoms with Gasteiger partial charge in [0, 0.05) is 52.0 Å². The summed E-state index contributed by atoms with van der Waals surface area (Å²) in [6, 6.07) is 43.5. The topological polar surface area (TPSA) is 97.8 Å². The van der Waals surface area contributed by atoms with Crippen molar-refractivity contribution in [1.29, 1.82) is 0 Å². The molecule has 0 aliphatic heterocycles. The Balaban J connectivity index is 0.000000522. The Morgan fingerprint density at radius 3 is 1.05 bits per heavy atom. The second-order valence-corrected chi connectivity index (χ2v) is 31.1. The summed E-state index contributed by atoms with van der Waals surface area (Å²) < 4.78 is 0. The van der Waals surface area contributed by atoms with E-state index in [2.05, 4.69) is 123 Å². The molecule has 402 valence electrons. The maximum atomic E-state index is 10.9. The van der Waals surface area contributed by atoms with E-state index in [1.807, 2.05) is 115 Å². The molecular weight excluding hydrogens is 1300 g/mol. The number of phenols is 3. The molecule has 6 aromatic rings. The molecule has 0 saturated heterocycles. The quantitative estimate of drug-likeness (QED) is 0.0948. The number of hydrogen-bond acceptors (Lipinski definition) is 6. The van der Waals surface area contributed by atoms with Crippen LogP contribution in [0.4, 0.5) is 17.1 Å². The summed E-state index contributed by atoms with van der Waals surface area (Å²) in [5.41, 5.74) is 10.2. The molecule has 6 nitrogen and oxygen atoms in total. The van der Waals surface area contributed by atoms with Crippen LogP contribution in [0, 0.1) is 6.92 Å². The van der Waals surface area contributed by atoms with Gasteiger partial charge in [0.2, 0.25) is 0 Å². The van der Waals surface area contributed by atoms with E-state index < -0.39 is 62.5 Å². The van der Waals surface area contributed by atoms with Crippen molar-refractivity contribution < 1.29 is 77.9 Å². The third kappa shape index (κ3) is 25.0. The van der Waals surface area contributed by atoms with Crippen molar-refractivity contribution in [3.63, 3.8) is 0 Å². The van der Waals surface area contributed by atoms with Crippen LogP contribution in [0.1, 0.15) is 153 Å². The molecule has 0 heterocycles. The van der Waals surface area contributed by atoms with Crippen LogP contribution in [-0.4, -0.2) is 34.0 Å². The van der Waals surface area contributed by atoms with Crippen molar-refractivity contribution in [2.45, 2.75) is 137 Å². The van der Waals surface area contributed by atoms with Gasteiger partial charge in [-0.2, -0.15) is 0 Å². The van der Waals surface area contributed by atoms with Crippen molar-refractivity contribution in [2.75, 3.05) is 0 Å². The molecule has 0 unspecified atom stereocenters. The summed E-state index contributed by atoms with van der Waals surface area (Å²) in [5, 5.41) is 31.9. The molecule has 0 aromatic heterocycles. The van der Waals surface area contributed by atoms with Crippen LogP contribution in [-0.2, 0) is 84.2 Å². The predicted octanol–water partition coefficient (Wildman–Crippen LogP) is 20.6. The predicted molar refractivity (Wildman–Crippen MR) is 319 cm³/mol. The van der Waals surface area contributed by atoms with Gasteiger partial charge in [0.1, 0.15) is 17.2 Å². The maximum absolute atomic E-state index is 10.9. The van der Waals surface area contributed by atoms with E-state index in [0.717, 1.165) is 81.7 Å². The Hall–Kier alpha value is -1.88. The fourth-order valence-corrected chi connectivity index (χ4v) is 7.04. The van der Waals surface area contributed by atoms with Crippen LogP contribution in [0.25, 0.3) is 0 Å². The molecular formula is C60H75Cl6N3O3Zr3. The number of phenolic OH excluding ortho intramolecular Hbond substituents is 3. The summed E-state index contributed by atoms with van der Waals surface area (Å²) >= 11 is -2.48. The molecule has 0 atom stereocenters. The fourth-order valence-electron chi connectivity index (χ4n) is 7.04. The number of aliphatic imine (C=N–C) groups is 3. The van der Waals surface area contributed by atoms with Crippen LogP contribution in [0.3, 0.4) is 0 Å². The van der Waals surface area contributed by atoms with Crippen LogP contribution in [0.5, 0.6) is 17.2 Å². The summed E-state index contributed by atoms with van der Waals surface area (Å²) in [6.45, 7) is 28.1. The summed E-state index contributed by atoms with van der Waals surface area (Å²) in [4.78, 5) is 13.4. The Morgan fingerprint density at radius 2 is 0.693 bits per heavy atom. The number of halogens is 6. The first kappa shape index (κ1) is 71.1. The van der Waals surface area contributed by atoms with Crippen molar-refractivity contribution in [3.8, 4) is 17.2 Å². The van der Waals surface area contributed by atoms with Crippen LogP contribution >= 0.6 is 51.1 Å². The van der Waals surface area contributed by atoms with Crippen molar-refractivity contribution in [1.82, 2.24) is 0 Å². The summed E-state index contributed by atoms with van der Waals surface area (Å²) in [7, 11) is 29.6. The van der Waals surface area contributed by atoms with Crippen molar-refractivity contribution in [3.05, 3.63) is 178 Å². The van der Waals surface area contributed by atoms with Crippen LogP contribution < -0.4 is 0 Å². The van der Waals surface area contributed by atoms with Gasteiger partial charge in [-0.05, 0) is 120 Å². The van der Waals surface area contributed by atoms with Crippen LogP contribution in [0.2, 0.25) is 0 Å². The van der Waals surface area contributed by atoms with Gasteiger partial charge in [-0.3, -0.25) is 15.0 Å². The van der Waals surface area contributed by atoms with E-state index in [4.69, 9.17) is 51.1 Å². The third-order valence-corrected chi connectivity index (χ3v) is 13.3. The number of rotatable bonds is 14. The Bertz CT molecular complexity index is 2650. The zero-order chi connectivity index (χ0) is 56.8. The average molecular weight is 1370 g/mol. The average Bonchev–Trinajstić information content (AvgIpc) is 3.40. The zero-order valence-corrected chi connectivity index (χ0v) is 57.6. The number of para-hydroxylation sites is 4. The van der Waals surface area contributed by atoms with Gasteiger partial charge in [0.05, 0.1) is 17.1 Å². The molecule has 0 fully saturated rings. The van der Waals surface area contributed by atoms with Crippen molar-refractivity contribution >= 4 is 86.8 Å². The minimum atomic E-state index is -0.826. The van der Waals surface area contributed by atoms with E-state index in [-0.39, 0.29) is 21.7 Å². The van der Waals surface area contributed by atoms with Gasteiger partial charge >= 0.3 is 114 Å². The molecule has 0 radical (unpaired) electrons. The first-order valence-electron chi connectivity index (χ1n) is 24.6. The third-order valence-electron chi connectivity index (χ3n) is 13.3. The monoisotopic (exact) mass is 1370 g/mol. The first-order valence-corrected chi connectivity index (χ1v) is 43.6. The summed E-state index contributed by atoms with van der Waals surface area (Å²) in [5.74, 6) is 1.02. The van der Waals surface area contributed by atoms with E-state index in [1.54, 1.807) is 18.6 Å². The molecule has 0 amide bonds. The van der Waals surface area contributed by atoms with E-state index in [0.29, 0.717) is 17.2 Å². The first-order chi connectivity index (χ1) is 35.4. The van der Waals surface area contributed by atoms with E-state index >= 15 is 0 Å². The number of benzene rings is 6. The van der Waals surface area contributed by atoms with Gasteiger partial charge in [0.25, 0.3) is 0 Å². The number of aryl methyl sites for hydroxylation is 1. The summed E-state index contributed by atoms with van der Waals surface area (Å²) in [6.07, 6.45) is 9.20. The number of nitrogens with zero attached hydrogens (tertiary/aromatic N) is 3. The normalized spacial score (nSPS) is 11.3. The van der Waals surface area contributed by atoms with Gasteiger partial charge < -0.3 is 15.3 Å². The zero-order valence-electron chi connectivity index (χ0n) is 45.7. The Morgan fingerprint density at radius 1 is 0.387 bits per heavy atom. The van der Waals surface area contributed by atoms with E-state index in [1.165, 1.54) is 5.56 Å². The van der Waals surface area contributed by atoms with Crippen LogP contribution in [0.15, 0.2) is 148 Å². The molecule has 6 aromatic carbocycles. The van der Waals surface area contributed by atoms with Gasteiger partial charge in [0.15, 0.2) is 0 Å². The Labute approximate surface area is 506 Å². The molecule has 3 N–H and O–H groups in total. The second-order valence-electron chi connectivity index (χ2n) is 19.9. The molecule has 0 spiro atoms. The van der Waals surface area contributed by atoms with Crippen molar-refractivity contribution in [2.24, 2.45) is 15.0 Å². The van der Waals surface area contributed by atoms with Gasteiger partial charge in [-0.1, -0.05) is 162 Å². The van der Waals surface area contributed by atoms with E-state index in [9.17, 15) is 15.3 Å². The molecule has 0 aliphatic carbocycles. The molecule has 15 heteroatoms. The SMILES string of the molecule is CCC(C)(C)c1cc(C)cc(C=Nc2ccccc2)c1O.CCC(C)(C)c1cc(C=Nc2ccccc2)c(O)c(C(C)(C)CC)c1.CCC(C)(C)c1cccc(C=Nc2ccccc2)c1O.[Cl][Zr][Cl].[Cl][Zr][Cl].[Cl][Zr][Cl]. The second kappa shape index (κ2) is 37.1. The molecule has 0 aliphatic rings. The molecule has 0 bridgehead atoms. The number of aromatic hydroxyl groups is 3. The Kier molecular flexibility index (Phi) is 35.2. The molecule has 0 saturated carbocycles. The molecule has 6 rings (SSSR count). The molecule has 75 heavy (non-hydrogen) atoms. The minimum absolute atomic E-state index is 0.0410. The standard InChI is InChI=1S/C23H31NO.C19H23NO.C18H21NO.6ClH.3Zr/c1-7-22(3,4)18-14-17(16-24-19-12-10-9-11-13-19)21(25)20(15-18)23(5,6)8-2;1-5-19(3,4)17-12-14(2)11-15(18(17)21)13-20-16-9-7-6-8-10-16;1-4-18(2,3)16-12-8-9-14(17(16)20)13-19-15-10-6-5-7-11-15;;;;;;;;;/h9-16,25H,7-8H2,1-6H3;6-13,21H,5H2,1-4H3;5-13,20H,4H2,1-3H3;6*1H;;;/q;;;;;;;;;3*+2/p-6. The van der Waals surface area contributed by atoms with Gasteiger partial charge in [-0.15, -0.1) is 0 Å². The fraction of sp³-hybridized carbons (Fsp3) is 0.350.